The van der Waals surface area contributed by atoms with Crippen molar-refractivity contribution in [3.63, 3.8) is 0 Å². The van der Waals surface area contributed by atoms with Crippen molar-refractivity contribution in [3.05, 3.63) is 0 Å². The topological polar surface area (TPSA) is 101 Å². The molecule has 13 heavy (non-hydrogen) atoms. The highest BCUT2D eigenvalue weighted by atomic mass is 16.4. The molecule has 0 saturated heterocycles. The minimum atomic E-state index is -1.27. The van der Waals surface area contributed by atoms with Crippen LogP contribution >= 0.6 is 0 Å². The van der Waals surface area contributed by atoms with Crippen LogP contribution in [0.2, 0.25) is 0 Å². The Balaban J connectivity index is 2.66. The van der Waals surface area contributed by atoms with E-state index >= 15 is 0 Å². The number of rotatable bonds is 2. The quantitative estimate of drug-likeness (QED) is 0.338. The fourth-order valence-corrected chi connectivity index (χ4v) is 1.79. The number of aliphatic hydroxyl groups is 5. The van der Waals surface area contributed by atoms with Crippen molar-refractivity contribution in [2.24, 2.45) is 11.8 Å². The van der Waals surface area contributed by atoms with E-state index in [2.05, 4.69) is 0 Å². The molecule has 4 atom stereocenters. The van der Waals surface area contributed by atoms with Gasteiger partial charge in [-0.1, -0.05) is 0 Å². The average Bonchev–Trinajstić information content (AvgIpc) is 2.15. The Morgan fingerprint density at radius 2 is 1.15 bits per heavy atom. The van der Waals surface area contributed by atoms with Crippen molar-refractivity contribution in [2.75, 3.05) is 13.2 Å². The van der Waals surface area contributed by atoms with E-state index in [4.69, 9.17) is 10.2 Å². The zero-order valence-electron chi connectivity index (χ0n) is 7.24. The molecule has 78 valence electrons. The van der Waals surface area contributed by atoms with Crippen LogP contribution in [0.4, 0.5) is 0 Å². The van der Waals surface area contributed by atoms with E-state index in [1.165, 1.54) is 0 Å². The van der Waals surface area contributed by atoms with Gasteiger partial charge in [-0.3, -0.25) is 0 Å². The van der Waals surface area contributed by atoms with Gasteiger partial charge in [-0.25, -0.2) is 0 Å². The first-order valence-corrected chi connectivity index (χ1v) is 4.37. The summed E-state index contributed by atoms with van der Waals surface area (Å²) < 4.78 is 0. The molecule has 0 heterocycles. The van der Waals surface area contributed by atoms with Gasteiger partial charge in [-0.15, -0.1) is 0 Å². The lowest BCUT2D eigenvalue weighted by Gasteiger charge is -2.39. The zero-order valence-corrected chi connectivity index (χ0v) is 7.24. The highest BCUT2D eigenvalue weighted by molar-refractivity contribution is 4.91. The lowest BCUT2D eigenvalue weighted by atomic mass is 9.76. The van der Waals surface area contributed by atoms with Crippen LogP contribution in [0.3, 0.4) is 0 Å². The molecule has 0 aromatic rings. The molecule has 0 bridgehead atoms. The zero-order chi connectivity index (χ0) is 10.0. The van der Waals surface area contributed by atoms with Crippen LogP contribution in [-0.4, -0.2) is 57.1 Å². The van der Waals surface area contributed by atoms with E-state index in [1.54, 1.807) is 0 Å². The lowest BCUT2D eigenvalue weighted by molar-refractivity contribution is -0.148. The first-order chi connectivity index (χ1) is 6.11. The molecular weight excluding hydrogens is 176 g/mol. The van der Waals surface area contributed by atoms with E-state index in [-0.39, 0.29) is 13.2 Å². The maximum absolute atomic E-state index is 9.37. The van der Waals surface area contributed by atoms with Gasteiger partial charge in [0.15, 0.2) is 0 Å². The van der Waals surface area contributed by atoms with Crippen LogP contribution in [0.15, 0.2) is 0 Å². The summed E-state index contributed by atoms with van der Waals surface area (Å²) in [6, 6.07) is 0. The Labute approximate surface area is 76.3 Å². The molecular formula is C8H16O5. The summed E-state index contributed by atoms with van der Waals surface area (Å²) in [5, 5.41) is 45.8. The largest absolute Gasteiger partial charge is 0.396 e. The van der Waals surface area contributed by atoms with Gasteiger partial charge in [0.2, 0.25) is 0 Å². The summed E-state index contributed by atoms with van der Waals surface area (Å²) in [5.74, 6) is -0.925. The Morgan fingerprint density at radius 1 is 0.769 bits per heavy atom. The van der Waals surface area contributed by atoms with Crippen LogP contribution < -0.4 is 0 Å². The molecule has 1 aliphatic carbocycles. The van der Waals surface area contributed by atoms with Crippen molar-refractivity contribution in [1.82, 2.24) is 0 Å². The normalized spacial score (nSPS) is 46.4. The number of aliphatic hydroxyl groups excluding tert-OH is 5. The minimum absolute atomic E-state index is 0.249. The Kier molecular flexibility index (Phi) is 3.63. The molecule has 0 radical (unpaired) electrons. The van der Waals surface area contributed by atoms with Gasteiger partial charge in [0.1, 0.15) is 6.10 Å². The molecule has 0 spiro atoms. The first kappa shape index (κ1) is 10.9. The second-order valence-electron chi connectivity index (χ2n) is 3.59. The molecule has 5 heteroatoms. The molecule has 5 nitrogen and oxygen atoms in total. The molecule has 0 amide bonds. The highest BCUT2D eigenvalue weighted by Crippen LogP contribution is 2.29. The van der Waals surface area contributed by atoms with E-state index < -0.39 is 30.1 Å². The third-order valence-corrected chi connectivity index (χ3v) is 2.74. The summed E-state index contributed by atoms with van der Waals surface area (Å²) in [5.41, 5.74) is 0. The summed E-state index contributed by atoms with van der Waals surface area (Å²) in [4.78, 5) is 0. The third kappa shape index (κ3) is 2.00. The molecule has 5 N–H and O–H groups in total. The maximum atomic E-state index is 9.37. The van der Waals surface area contributed by atoms with Crippen LogP contribution in [0.5, 0.6) is 0 Å². The van der Waals surface area contributed by atoms with Gasteiger partial charge in [0, 0.05) is 25.0 Å². The molecule has 1 fully saturated rings. The third-order valence-electron chi connectivity index (χ3n) is 2.74. The highest BCUT2D eigenvalue weighted by Gasteiger charge is 2.41. The second kappa shape index (κ2) is 4.34. The van der Waals surface area contributed by atoms with Crippen molar-refractivity contribution >= 4 is 0 Å². The van der Waals surface area contributed by atoms with Gasteiger partial charge < -0.3 is 25.5 Å². The molecule has 0 aliphatic heterocycles. The fraction of sp³-hybridized carbons (Fsp3) is 1.00. The minimum Gasteiger partial charge on any atom is -0.396 e. The van der Waals surface area contributed by atoms with E-state index in [1.807, 2.05) is 0 Å². The monoisotopic (exact) mass is 192 g/mol. The lowest BCUT2D eigenvalue weighted by Crippen LogP contribution is -2.52. The van der Waals surface area contributed by atoms with Gasteiger partial charge in [0.05, 0.1) is 12.2 Å². The van der Waals surface area contributed by atoms with Crippen LogP contribution in [-0.2, 0) is 0 Å². The van der Waals surface area contributed by atoms with Gasteiger partial charge in [0.25, 0.3) is 0 Å². The Hall–Kier alpha value is -0.200. The van der Waals surface area contributed by atoms with E-state index in [0.29, 0.717) is 6.42 Å². The van der Waals surface area contributed by atoms with Crippen molar-refractivity contribution in [3.8, 4) is 0 Å². The standard InChI is InChI=1S/C8H16O5/c9-2-4-1-5(3-10)7(12)8(13)6(4)11/h4-13H,1-3H2/t4-,5-,6-,7-/m1/s1. The molecule has 0 aromatic carbocycles. The van der Waals surface area contributed by atoms with Gasteiger partial charge in [-0.2, -0.15) is 0 Å². The molecule has 1 aliphatic rings. The smallest absolute Gasteiger partial charge is 0.106 e. The number of hydrogen-bond donors (Lipinski definition) is 5. The Bertz CT molecular complexity index is 143. The van der Waals surface area contributed by atoms with Gasteiger partial charge >= 0.3 is 0 Å². The van der Waals surface area contributed by atoms with E-state index in [0.717, 1.165) is 0 Å². The first-order valence-electron chi connectivity index (χ1n) is 4.37. The maximum Gasteiger partial charge on any atom is 0.106 e. The summed E-state index contributed by atoms with van der Waals surface area (Å²) in [7, 11) is 0. The SMILES string of the molecule is OC[C@H]1C[C@H](CO)[C@@H](O)C(O)[C@@H]1O. The second-order valence-corrected chi connectivity index (χ2v) is 3.59. The van der Waals surface area contributed by atoms with E-state index in [9.17, 15) is 15.3 Å². The van der Waals surface area contributed by atoms with Crippen molar-refractivity contribution in [1.29, 1.82) is 0 Å². The van der Waals surface area contributed by atoms with Crippen molar-refractivity contribution in [2.45, 2.75) is 24.7 Å². The van der Waals surface area contributed by atoms with Crippen molar-refractivity contribution < 1.29 is 25.5 Å². The summed E-state index contributed by atoms with van der Waals surface area (Å²) >= 11 is 0. The van der Waals surface area contributed by atoms with Crippen LogP contribution in [0.1, 0.15) is 6.42 Å². The molecule has 0 unspecified atom stereocenters. The molecule has 0 aromatic heterocycles. The summed E-state index contributed by atoms with van der Waals surface area (Å²) in [6.45, 7) is -0.497. The number of hydrogen-bond acceptors (Lipinski definition) is 5. The fourth-order valence-electron chi connectivity index (χ4n) is 1.79. The Morgan fingerprint density at radius 3 is 1.46 bits per heavy atom. The molecule has 1 rings (SSSR count). The molecule has 1 saturated carbocycles. The predicted molar refractivity (Wildman–Crippen MR) is 43.8 cm³/mol. The average molecular weight is 192 g/mol. The predicted octanol–water partition coefficient (Wildman–Crippen LogP) is -2.31. The van der Waals surface area contributed by atoms with Crippen LogP contribution in [0.25, 0.3) is 0 Å². The van der Waals surface area contributed by atoms with Crippen LogP contribution in [0, 0.1) is 11.8 Å². The summed E-state index contributed by atoms with van der Waals surface area (Å²) in [6.07, 6.45) is -3.17. The van der Waals surface area contributed by atoms with Gasteiger partial charge in [-0.05, 0) is 6.42 Å².